The fourth-order valence-electron chi connectivity index (χ4n) is 3.05. The third-order valence-electron chi connectivity index (χ3n) is 4.51. The summed E-state index contributed by atoms with van der Waals surface area (Å²) in [5.41, 5.74) is -1.56. The van der Waals surface area contributed by atoms with Gasteiger partial charge in [-0.25, -0.2) is 13.8 Å². The van der Waals surface area contributed by atoms with Crippen molar-refractivity contribution in [3.8, 4) is 11.5 Å². The van der Waals surface area contributed by atoms with E-state index in [9.17, 15) is 19.3 Å². The molecule has 1 aromatic carbocycles. The fourth-order valence-corrected chi connectivity index (χ4v) is 4.45. The van der Waals surface area contributed by atoms with Crippen LogP contribution in [0.3, 0.4) is 0 Å². The molecule has 0 radical (unpaired) electrons. The number of phosphoric acid groups is 1. The van der Waals surface area contributed by atoms with E-state index in [2.05, 4.69) is 0 Å². The van der Waals surface area contributed by atoms with Gasteiger partial charge in [-0.1, -0.05) is 23.7 Å². The first kappa shape index (κ1) is 20.7. The van der Waals surface area contributed by atoms with Gasteiger partial charge in [0.2, 0.25) is 5.85 Å². The summed E-state index contributed by atoms with van der Waals surface area (Å²) < 4.78 is 62.5. The number of halogens is 2. The monoisotopic (exact) mass is 479 g/mol. The number of hydrogen-bond donors (Lipinski definition) is 2. The van der Waals surface area contributed by atoms with Crippen LogP contribution in [0.2, 0.25) is 5.02 Å². The second-order valence-electron chi connectivity index (χ2n) is 6.68. The minimum absolute atomic E-state index is 0.106. The van der Waals surface area contributed by atoms with E-state index in [0.29, 0.717) is 10.1 Å². The summed E-state index contributed by atoms with van der Waals surface area (Å²) >= 11 is 5.67. The van der Waals surface area contributed by atoms with Crippen molar-refractivity contribution >= 4 is 19.4 Å². The molecular formula is C17H17ClFN2O9P. The number of ether oxygens (including phenoxy) is 2. The molecule has 31 heavy (non-hydrogen) atoms. The molecule has 2 aromatic rings. The van der Waals surface area contributed by atoms with Crippen LogP contribution in [0.1, 0.15) is 19.6 Å². The molecule has 4 atom stereocenters. The molecule has 168 valence electrons. The van der Waals surface area contributed by atoms with E-state index >= 15 is 4.39 Å². The van der Waals surface area contributed by atoms with Crippen LogP contribution < -0.4 is 20.5 Å². The van der Waals surface area contributed by atoms with Crippen molar-refractivity contribution in [3.05, 3.63) is 55.8 Å². The Morgan fingerprint density at radius 3 is 3.03 bits per heavy atom. The van der Waals surface area contributed by atoms with Crippen LogP contribution in [-0.2, 0) is 25.0 Å². The van der Waals surface area contributed by atoms with E-state index in [1.807, 2.05) is 4.98 Å². The third-order valence-corrected chi connectivity index (χ3v) is 6.07. The SMILES string of the molecule is [2H][C@@]1(n2cc(Cl)c(=O)[nH]c2=O)O[C@](F)(COP2(=O)OCc3cccc(OC)c3O2)C[C@H]1O. The average molecular weight is 480 g/mol. The molecule has 2 N–H and O–H groups in total. The van der Waals surface area contributed by atoms with E-state index < -0.39 is 55.3 Å². The second kappa shape index (κ2) is 8.05. The molecular weight excluding hydrogens is 462 g/mol. The predicted molar refractivity (Wildman–Crippen MR) is 103 cm³/mol. The maximum absolute atomic E-state index is 15.3. The summed E-state index contributed by atoms with van der Waals surface area (Å²) in [5.74, 6) is -2.50. The number of phosphoric ester groups is 1. The zero-order valence-electron chi connectivity index (χ0n) is 16.9. The van der Waals surface area contributed by atoms with Crippen molar-refractivity contribution in [2.45, 2.75) is 31.2 Å². The molecule has 1 aromatic heterocycles. The van der Waals surface area contributed by atoms with Gasteiger partial charge in [0.15, 0.2) is 17.7 Å². The molecule has 0 aliphatic carbocycles. The van der Waals surface area contributed by atoms with Crippen LogP contribution >= 0.6 is 19.4 Å². The van der Waals surface area contributed by atoms with Crippen LogP contribution in [0.5, 0.6) is 11.5 Å². The highest BCUT2D eigenvalue weighted by Gasteiger charge is 2.50. The van der Waals surface area contributed by atoms with E-state index in [4.69, 9.17) is 36.0 Å². The van der Waals surface area contributed by atoms with E-state index in [1.165, 1.54) is 7.11 Å². The topological polar surface area (TPSA) is 138 Å². The van der Waals surface area contributed by atoms with Gasteiger partial charge in [-0.3, -0.25) is 23.4 Å². The first-order valence-corrected chi connectivity index (χ1v) is 10.7. The average Bonchev–Trinajstić information content (AvgIpc) is 2.98. The smallest absolute Gasteiger partial charge is 0.493 e. The highest BCUT2D eigenvalue weighted by Crippen LogP contribution is 2.57. The van der Waals surface area contributed by atoms with E-state index in [1.54, 1.807) is 18.2 Å². The van der Waals surface area contributed by atoms with E-state index in [0.717, 1.165) is 6.20 Å². The summed E-state index contributed by atoms with van der Waals surface area (Å²) in [6, 6.07) is 4.88. The Balaban J connectivity index is 1.53. The number of H-pyrrole nitrogens is 1. The second-order valence-corrected chi connectivity index (χ2v) is 8.68. The lowest BCUT2D eigenvalue weighted by Crippen LogP contribution is -2.36. The maximum atomic E-state index is 15.3. The molecule has 0 amide bonds. The lowest BCUT2D eigenvalue weighted by atomic mass is 10.2. The molecule has 2 aliphatic heterocycles. The van der Waals surface area contributed by atoms with Gasteiger partial charge in [0.1, 0.15) is 17.7 Å². The summed E-state index contributed by atoms with van der Waals surface area (Å²) in [6.45, 7) is -1.24. The first-order chi connectivity index (χ1) is 15.0. The number of aromatic nitrogens is 2. The molecule has 1 unspecified atom stereocenters. The highest BCUT2D eigenvalue weighted by atomic mass is 35.5. The standard InChI is InChI=1S/C17H17ClFN2O9P/c1-26-12-4-2-3-9-7-27-31(25,30-13(9)12)28-8-17(19)5-11(22)15(29-17)21-6-10(18)14(23)20-16(21)24/h2-4,6,11,15,22H,5,7-8H2,1H3,(H,20,23,24)/t11-,15-,17+,31?/m1/s1/i15D. The maximum Gasteiger partial charge on any atom is 0.530 e. The number of para-hydroxylation sites is 1. The number of nitrogens with zero attached hydrogens (tertiary/aromatic N) is 1. The zero-order chi connectivity index (χ0) is 23.3. The minimum atomic E-state index is -4.32. The molecule has 0 bridgehead atoms. The van der Waals surface area contributed by atoms with Gasteiger partial charge in [-0.2, -0.15) is 0 Å². The molecule has 1 saturated heterocycles. The Bertz CT molecular complexity index is 1210. The fraction of sp³-hybridized carbons (Fsp3) is 0.412. The van der Waals surface area contributed by atoms with Gasteiger partial charge in [0.25, 0.3) is 5.56 Å². The molecule has 0 saturated carbocycles. The van der Waals surface area contributed by atoms with Crippen LogP contribution in [0.15, 0.2) is 34.0 Å². The van der Waals surface area contributed by atoms with Crippen LogP contribution in [0, 0.1) is 0 Å². The van der Waals surface area contributed by atoms with Gasteiger partial charge in [-0.15, -0.1) is 0 Å². The summed E-state index contributed by atoms with van der Waals surface area (Å²) in [5, 5.41) is 9.79. The van der Waals surface area contributed by atoms with E-state index in [-0.39, 0.29) is 18.1 Å². The highest BCUT2D eigenvalue weighted by molar-refractivity contribution is 7.49. The van der Waals surface area contributed by atoms with Crippen molar-refractivity contribution in [1.29, 1.82) is 0 Å². The Hall–Kier alpha value is -2.21. The number of hydrogen-bond acceptors (Lipinski definition) is 9. The van der Waals surface area contributed by atoms with Crippen molar-refractivity contribution in [2.75, 3.05) is 13.7 Å². The summed E-state index contributed by atoms with van der Waals surface area (Å²) in [6.07, 6.45) is -4.67. The van der Waals surface area contributed by atoms with Crippen molar-refractivity contribution in [1.82, 2.24) is 9.55 Å². The number of benzene rings is 1. The van der Waals surface area contributed by atoms with Gasteiger partial charge in [0.05, 0.1) is 15.1 Å². The molecule has 3 heterocycles. The number of aromatic amines is 1. The lowest BCUT2D eigenvalue weighted by molar-refractivity contribution is -0.179. The van der Waals surface area contributed by atoms with Crippen LogP contribution in [0.25, 0.3) is 0 Å². The Morgan fingerprint density at radius 1 is 1.52 bits per heavy atom. The number of fused-ring (bicyclic) bond motifs is 1. The van der Waals surface area contributed by atoms with Crippen molar-refractivity contribution in [3.63, 3.8) is 0 Å². The first-order valence-electron chi connectivity index (χ1n) is 9.32. The van der Waals surface area contributed by atoms with Gasteiger partial charge < -0.3 is 19.1 Å². The number of alkyl halides is 1. The molecule has 1 fully saturated rings. The van der Waals surface area contributed by atoms with Crippen LogP contribution in [0.4, 0.5) is 4.39 Å². The normalized spacial score (nSPS) is 32.8. The zero-order valence-corrected chi connectivity index (χ0v) is 17.5. The van der Waals surface area contributed by atoms with Crippen LogP contribution in [-0.4, -0.2) is 40.3 Å². The Kier molecular flexibility index (Phi) is 5.37. The summed E-state index contributed by atoms with van der Waals surface area (Å²) in [4.78, 5) is 25.3. The largest absolute Gasteiger partial charge is 0.530 e. The predicted octanol–water partition coefficient (Wildman–Crippen LogP) is 1.88. The van der Waals surface area contributed by atoms with Crippen molar-refractivity contribution < 1.29 is 38.5 Å². The number of methoxy groups -OCH3 is 1. The number of aliphatic hydroxyl groups is 1. The summed E-state index contributed by atoms with van der Waals surface area (Å²) in [7, 11) is -2.94. The third kappa shape index (κ3) is 4.27. The minimum Gasteiger partial charge on any atom is -0.493 e. The molecule has 14 heteroatoms. The lowest BCUT2D eigenvalue weighted by Gasteiger charge is -2.28. The molecule has 4 rings (SSSR count). The Labute approximate surface area is 180 Å². The quantitative estimate of drug-likeness (QED) is 0.615. The Morgan fingerprint density at radius 2 is 2.29 bits per heavy atom. The molecule has 2 aliphatic rings. The van der Waals surface area contributed by atoms with Gasteiger partial charge >= 0.3 is 13.5 Å². The number of rotatable bonds is 5. The molecule has 0 spiro atoms. The number of aliphatic hydroxyl groups excluding tert-OH is 1. The molecule has 11 nitrogen and oxygen atoms in total. The van der Waals surface area contributed by atoms with Gasteiger partial charge in [-0.05, 0) is 6.07 Å². The number of nitrogens with one attached hydrogen (secondary N) is 1. The van der Waals surface area contributed by atoms with Gasteiger partial charge in [0, 0.05) is 18.2 Å². The van der Waals surface area contributed by atoms with Crippen molar-refractivity contribution in [2.24, 2.45) is 0 Å².